The number of amides is 3. The van der Waals surface area contributed by atoms with E-state index in [9.17, 15) is 78.4 Å². The highest BCUT2D eigenvalue weighted by atomic mass is 32.3. The Labute approximate surface area is 729 Å². The number of hydrogen-bond acceptors (Lipinski definition) is 24. The van der Waals surface area contributed by atoms with Crippen molar-refractivity contribution in [1.29, 1.82) is 0 Å². The minimum absolute atomic E-state index is 0.0266. The zero-order valence-electron chi connectivity index (χ0n) is 66.8. The molecule has 0 saturated carbocycles. The molecule has 0 aliphatic carbocycles. The molecule has 4 saturated heterocycles. The van der Waals surface area contributed by atoms with Gasteiger partial charge in [-0.25, -0.2) is 33.7 Å². The van der Waals surface area contributed by atoms with Gasteiger partial charge in [-0.3, -0.25) is 44.7 Å². The van der Waals surface area contributed by atoms with E-state index >= 15 is 0 Å². The predicted octanol–water partition coefficient (Wildman–Crippen LogP) is 13.8. The molecule has 0 atom stereocenters. The van der Waals surface area contributed by atoms with Crippen LogP contribution in [0.1, 0.15) is 95.4 Å². The number of benzene rings is 8. The van der Waals surface area contributed by atoms with Crippen LogP contribution < -0.4 is 31.9 Å². The Bertz CT molecular complexity index is 6060. The second-order valence-electron chi connectivity index (χ2n) is 29.4. The monoisotopic (exact) mass is 1820 g/mol. The molecule has 0 bridgehead atoms. The minimum atomic E-state index is -3.73. The van der Waals surface area contributed by atoms with Gasteiger partial charge in [-0.2, -0.15) is 17.2 Å². The Hall–Kier alpha value is -11.5. The number of nitrogens with one attached hydrogen (secondary N) is 6. The number of non-ortho nitro benzene ring substituents is 3. The SMILES string of the molecule is O=C(NCc1ccc(S(=O)(=O)N2CCC(Nc3cccc(-c4ccccc4)c3)CC2)s1)c1ccc([N+](=O)[O-])cc1.O=C(NCc1ccc(S(=O)(=O)N2CCC(Nc3cccc(Cc4ccccc4)c3)CC2)s1)c1ccc([N+](=O)[O-])cc1.O=C(NCc1ccc(S(=O)(=O)N2CCC(Nc3cccc(S(=O)(=O)N4CCOCC4)c3)CC2)s1)c1ccc([N+](=O)[O-])cc1. The van der Waals surface area contributed by atoms with Crippen molar-refractivity contribution in [2.45, 2.75) is 100 Å². The van der Waals surface area contributed by atoms with Gasteiger partial charge < -0.3 is 36.6 Å². The summed E-state index contributed by atoms with van der Waals surface area (Å²) in [6, 6.07) is 69.7. The van der Waals surface area contributed by atoms with Gasteiger partial charge in [0, 0.05) is 155 Å². The first-order chi connectivity index (χ1) is 59.6. The van der Waals surface area contributed by atoms with Gasteiger partial charge in [0.1, 0.15) is 12.6 Å². The highest BCUT2D eigenvalue weighted by Crippen LogP contribution is 2.34. The normalized spacial score (nSPS) is 15.5. The average Bonchev–Trinajstić information content (AvgIpc) is 1.69. The Kier molecular flexibility index (Phi) is 30.0. The second kappa shape index (κ2) is 41.3. The summed E-state index contributed by atoms with van der Waals surface area (Å²) in [5, 5.41) is 51.1. The van der Waals surface area contributed by atoms with Gasteiger partial charge in [0.25, 0.3) is 64.9 Å². The van der Waals surface area contributed by atoms with E-state index in [1.807, 2.05) is 60.7 Å². The van der Waals surface area contributed by atoms with Gasteiger partial charge in [0.05, 0.1) is 52.5 Å². The molecule has 648 valence electrons. The van der Waals surface area contributed by atoms with E-state index in [-0.39, 0.29) is 77.9 Å². The predicted molar refractivity (Wildman–Crippen MR) is 476 cm³/mol. The second-order valence-corrected chi connectivity index (χ2v) is 41.4. The fraction of sp³-hybridized carbons (Fsp3) is 0.267. The maximum Gasteiger partial charge on any atom is 0.269 e. The topological polar surface area (TPSA) is 412 Å². The van der Waals surface area contributed by atoms with E-state index in [2.05, 4.69) is 80.4 Å². The molecule has 4 fully saturated rings. The standard InChI is InChI=1S/C30H30N4O5S2.C29H28N4O5S2.C27H31N5O8S3/c35-30(24-9-11-27(12-10-24)34(36)37)31-21-28-13-14-29(40-28)41(38,39)33-17-15-25(16-18-33)32-26-8-4-7-23(20-26)19-22-5-2-1-3-6-22;34-29(22-9-11-26(12-10-22)33(35)36)30-20-27-13-14-28(39-27)40(37,38)32-17-15-24(16-18-32)31-25-8-4-7-23(19-25)21-5-2-1-3-6-21;33-27(20-4-6-23(7-5-20)32(34)35)28-19-24-8-9-26(41-24)43(38,39)30-12-10-21(11-13-30)29-22-2-1-3-25(18-22)42(36,37)31-14-16-40-17-15-31/h1-14,20,25,32H,15-19,21H2,(H,31,35);1-14,19,24,31H,15-18,20H2,(H,30,34);1-9,18,21,29H,10-17,19H2,(H,28,33). The lowest BCUT2D eigenvalue weighted by molar-refractivity contribution is -0.385. The van der Waals surface area contributed by atoms with Crippen LogP contribution in [-0.2, 0) is 70.9 Å². The van der Waals surface area contributed by atoms with Crippen LogP contribution in [-0.4, -0.2) is 167 Å². The number of nitro groups is 3. The Morgan fingerprint density at radius 2 is 0.669 bits per heavy atom. The number of hydrogen-bond donors (Lipinski definition) is 6. The fourth-order valence-corrected chi connectivity index (χ4v) is 24.5. The number of anilines is 3. The van der Waals surface area contributed by atoms with Crippen LogP contribution in [0.3, 0.4) is 0 Å². The third kappa shape index (κ3) is 23.7. The molecule has 4 aliphatic heterocycles. The van der Waals surface area contributed by atoms with Gasteiger partial charge in [-0.05, 0) is 182 Å². The maximum atomic E-state index is 13.3. The summed E-state index contributed by atoms with van der Waals surface area (Å²) in [6.45, 7) is 4.08. The van der Waals surface area contributed by atoms with Gasteiger partial charge in [-0.15, -0.1) is 34.0 Å². The first-order valence-electron chi connectivity index (χ1n) is 39.7. The van der Waals surface area contributed by atoms with E-state index < -0.39 is 72.6 Å². The number of carbonyl (C=O) groups is 3. The van der Waals surface area contributed by atoms with Crippen molar-refractivity contribution < 1.29 is 67.6 Å². The van der Waals surface area contributed by atoms with Gasteiger partial charge in [0.2, 0.25) is 10.0 Å². The fourth-order valence-electron chi connectivity index (χ4n) is 14.3. The van der Waals surface area contributed by atoms with Crippen molar-refractivity contribution >= 4 is 126 Å². The van der Waals surface area contributed by atoms with Crippen molar-refractivity contribution in [2.75, 3.05) is 81.5 Å². The quantitative estimate of drug-likeness (QED) is 0.0187. The molecule has 11 aromatic rings. The first-order valence-corrected chi connectivity index (χ1v) is 47.9. The lowest BCUT2D eigenvalue weighted by atomic mass is 10.0. The van der Waals surface area contributed by atoms with E-state index in [4.69, 9.17) is 4.74 Å². The average molecular weight is 1820 g/mol. The number of sulfonamides is 4. The maximum absolute atomic E-state index is 13.3. The van der Waals surface area contributed by atoms with Crippen molar-refractivity contribution in [3.05, 3.63) is 315 Å². The van der Waals surface area contributed by atoms with Crippen molar-refractivity contribution in [3.8, 4) is 11.1 Å². The summed E-state index contributed by atoms with van der Waals surface area (Å²) in [4.78, 5) is 70.2. The summed E-state index contributed by atoms with van der Waals surface area (Å²) in [7, 11) is -14.6. The minimum Gasteiger partial charge on any atom is -0.382 e. The molecule has 7 heterocycles. The largest absolute Gasteiger partial charge is 0.382 e. The molecule has 31 nitrogen and oxygen atoms in total. The van der Waals surface area contributed by atoms with E-state index in [1.165, 1.54) is 107 Å². The number of piperidine rings is 3. The molecule has 15 rings (SSSR count). The molecule has 0 radical (unpaired) electrons. The van der Waals surface area contributed by atoms with E-state index in [1.54, 1.807) is 54.6 Å². The molecule has 6 N–H and O–H groups in total. The number of nitrogens with zero attached hydrogens (tertiary/aromatic N) is 7. The van der Waals surface area contributed by atoms with E-state index in [0.29, 0.717) is 136 Å². The zero-order valence-corrected chi connectivity index (χ0v) is 72.5. The van der Waals surface area contributed by atoms with Crippen LogP contribution in [0.2, 0.25) is 0 Å². The highest BCUT2D eigenvalue weighted by Gasteiger charge is 2.35. The summed E-state index contributed by atoms with van der Waals surface area (Å²) in [5.74, 6) is -1.21. The Morgan fingerprint density at radius 3 is 1.05 bits per heavy atom. The number of ether oxygens (including phenoxy) is 1. The highest BCUT2D eigenvalue weighted by molar-refractivity contribution is 7.92. The number of carbonyl (C=O) groups excluding carboxylic acids is 3. The van der Waals surface area contributed by atoms with Crippen LogP contribution in [0.4, 0.5) is 34.1 Å². The molecule has 3 amide bonds. The molecule has 0 spiro atoms. The number of rotatable bonds is 29. The lowest BCUT2D eigenvalue weighted by Crippen LogP contribution is -2.42. The van der Waals surface area contributed by atoms with Crippen LogP contribution >= 0.6 is 34.0 Å². The molecule has 8 aromatic carbocycles. The number of nitro benzene ring substituents is 3. The molecule has 4 aliphatic rings. The van der Waals surface area contributed by atoms with Gasteiger partial charge >= 0.3 is 0 Å². The molecular formula is C86H89N13O18S7. The first kappa shape index (κ1) is 90.2. The Morgan fingerprint density at radius 1 is 0.347 bits per heavy atom. The van der Waals surface area contributed by atoms with Crippen LogP contribution in [0.15, 0.2) is 260 Å². The van der Waals surface area contributed by atoms with Crippen LogP contribution in [0.25, 0.3) is 11.1 Å². The van der Waals surface area contributed by atoms with Crippen molar-refractivity contribution in [2.24, 2.45) is 0 Å². The molecule has 0 unspecified atom stereocenters. The molecule has 38 heteroatoms. The summed E-state index contributed by atoms with van der Waals surface area (Å²) in [5.41, 5.74) is 8.00. The lowest BCUT2D eigenvalue weighted by Gasteiger charge is -2.32. The smallest absolute Gasteiger partial charge is 0.269 e. The van der Waals surface area contributed by atoms with Crippen LogP contribution in [0, 0.1) is 30.3 Å². The van der Waals surface area contributed by atoms with E-state index in [0.717, 1.165) is 62.9 Å². The molecule has 124 heavy (non-hydrogen) atoms. The number of thiophene rings is 3. The van der Waals surface area contributed by atoms with Gasteiger partial charge in [0.15, 0.2) is 0 Å². The van der Waals surface area contributed by atoms with Crippen molar-refractivity contribution in [1.82, 2.24) is 33.2 Å². The third-order valence-electron chi connectivity index (χ3n) is 21.0. The third-order valence-corrected chi connectivity index (χ3v) is 33.3. The van der Waals surface area contributed by atoms with Crippen molar-refractivity contribution in [3.63, 3.8) is 0 Å². The van der Waals surface area contributed by atoms with Crippen LogP contribution in [0.5, 0.6) is 0 Å². The molecule has 3 aromatic heterocycles. The number of morpholine rings is 1. The van der Waals surface area contributed by atoms with Gasteiger partial charge in [-0.1, -0.05) is 91.0 Å². The zero-order chi connectivity index (χ0) is 87.6. The summed E-state index contributed by atoms with van der Waals surface area (Å²) in [6.07, 6.45) is 4.73. The Balaban J connectivity index is 0.000000160. The summed E-state index contributed by atoms with van der Waals surface area (Å²) >= 11 is 3.34. The molecular weight excluding hydrogens is 1730 g/mol. The summed E-state index contributed by atoms with van der Waals surface area (Å²) < 4.78 is 118.